The van der Waals surface area contributed by atoms with Gasteiger partial charge >= 0.3 is 6.03 Å². The lowest BCUT2D eigenvalue weighted by atomic mass is 10.0. The zero-order chi connectivity index (χ0) is 18.4. The second-order valence-corrected chi connectivity index (χ2v) is 5.64. The predicted molar refractivity (Wildman–Crippen MR) is 89.4 cm³/mol. The number of benzene rings is 2. The van der Waals surface area contributed by atoms with Crippen molar-refractivity contribution in [1.82, 2.24) is 10.6 Å². The van der Waals surface area contributed by atoms with E-state index >= 15 is 0 Å². The van der Waals surface area contributed by atoms with Crippen LogP contribution in [0, 0.1) is 11.6 Å². The average molecular weight is 347 g/mol. The van der Waals surface area contributed by atoms with Crippen LogP contribution in [0.3, 0.4) is 0 Å². The molecule has 2 aromatic carbocycles. The molecule has 0 aliphatic rings. The van der Waals surface area contributed by atoms with E-state index in [0.29, 0.717) is 5.56 Å². The summed E-state index contributed by atoms with van der Waals surface area (Å²) in [6, 6.07) is 10.5. The Morgan fingerprint density at radius 3 is 2.28 bits per heavy atom. The Kier molecular flexibility index (Phi) is 6.05. The first kappa shape index (κ1) is 18.4. The molecular formula is C18H19F2N3O2. The van der Waals surface area contributed by atoms with E-state index in [-0.39, 0.29) is 12.3 Å². The minimum Gasteiger partial charge on any atom is -0.352 e. The second-order valence-electron chi connectivity index (χ2n) is 5.64. The quantitative estimate of drug-likeness (QED) is 0.751. The summed E-state index contributed by atoms with van der Waals surface area (Å²) in [4.78, 5) is 23.5. The zero-order valence-corrected chi connectivity index (χ0v) is 13.6. The molecule has 0 heterocycles. The lowest BCUT2D eigenvalue weighted by Gasteiger charge is -2.20. The Balaban J connectivity index is 2.05. The van der Waals surface area contributed by atoms with Gasteiger partial charge in [-0.3, -0.25) is 4.79 Å². The van der Waals surface area contributed by atoms with Gasteiger partial charge in [0.2, 0.25) is 5.91 Å². The molecule has 0 bridgehead atoms. The number of hydrogen-bond donors (Lipinski definition) is 3. The average Bonchev–Trinajstić information content (AvgIpc) is 2.57. The minimum atomic E-state index is -0.976. The van der Waals surface area contributed by atoms with Crippen LogP contribution in [0.15, 0.2) is 48.5 Å². The smallest absolute Gasteiger partial charge is 0.312 e. The molecule has 0 fully saturated rings. The van der Waals surface area contributed by atoms with Crippen molar-refractivity contribution in [3.8, 4) is 0 Å². The molecule has 0 aliphatic heterocycles. The summed E-state index contributed by atoms with van der Waals surface area (Å²) in [5.41, 5.74) is 6.34. The summed E-state index contributed by atoms with van der Waals surface area (Å²) >= 11 is 0. The number of halogens is 2. The van der Waals surface area contributed by atoms with Gasteiger partial charge in [0.1, 0.15) is 0 Å². The van der Waals surface area contributed by atoms with Crippen molar-refractivity contribution in [2.24, 2.45) is 5.73 Å². The van der Waals surface area contributed by atoms with E-state index in [1.165, 1.54) is 6.07 Å². The number of urea groups is 1. The van der Waals surface area contributed by atoms with Gasteiger partial charge in [0.05, 0.1) is 18.5 Å². The van der Waals surface area contributed by atoms with Gasteiger partial charge in [-0.2, -0.15) is 0 Å². The Labute approximate surface area is 144 Å². The molecule has 0 radical (unpaired) electrons. The molecule has 7 heteroatoms. The van der Waals surface area contributed by atoms with E-state index in [1.807, 2.05) is 6.07 Å². The monoisotopic (exact) mass is 347 g/mol. The minimum absolute atomic E-state index is 0.0407. The molecule has 25 heavy (non-hydrogen) atoms. The molecule has 0 unspecified atom stereocenters. The highest BCUT2D eigenvalue weighted by molar-refractivity contribution is 5.79. The Morgan fingerprint density at radius 1 is 1.00 bits per heavy atom. The molecule has 0 aromatic heterocycles. The predicted octanol–water partition coefficient (Wildman–Crippen LogP) is 2.94. The van der Waals surface area contributed by atoms with Crippen LogP contribution in [-0.4, -0.2) is 11.9 Å². The number of carbonyl (C=O) groups excluding carboxylic acids is 2. The number of amides is 3. The lowest BCUT2D eigenvalue weighted by molar-refractivity contribution is -0.122. The highest BCUT2D eigenvalue weighted by Crippen LogP contribution is 2.19. The van der Waals surface area contributed by atoms with Crippen molar-refractivity contribution in [3.63, 3.8) is 0 Å². The maximum Gasteiger partial charge on any atom is 0.312 e. The number of hydrogen-bond acceptors (Lipinski definition) is 2. The molecule has 4 N–H and O–H groups in total. The van der Waals surface area contributed by atoms with E-state index in [2.05, 4.69) is 10.6 Å². The summed E-state index contributed by atoms with van der Waals surface area (Å²) < 4.78 is 26.3. The fourth-order valence-electron chi connectivity index (χ4n) is 2.46. The van der Waals surface area contributed by atoms with Crippen LogP contribution in [0.4, 0.5) is 13.6 Å². The normalized spacial score (nSPS) is 12.9. The summed E-state index contributed by atoms with van der Waals surface area (Å²) in [6.45, 7) is 1.66. The van der Waals surface area contributed by atoms with Crippen LogP contribution in [0.25, 0.3) is 0 Å². The highest BCUT2D eigenvalue weighted by atomic mass is 19.2. The molecule has 2 rings (SSSR count). The number of nitrogens with two attached hydrogens (primary N) is 1. The molecule has 3 amide bonds. The lowest BCUT2D eigenvalue weighted by Crippen LogP contribution is -2.37. The molecule has 132 valence electrons. The Morgan fingerprint density at radius 2 is 1.68 bits per heavy atom. The summed E-state index contributed by atoms with van der Waals surface area (Å²) in [5, 5.41) is 5.22. The van der Waals surface area contributed by atoms with Crippen LogP contribution in [0.2, 0.25) is 0 Å². The number of rotatable bonds is 6. The number of nitrogens with one attached hydrogen (secondary N) is 2. The molecule has 0 saturated carbocycles. The maximum absolute atomic E-state index is 13.3. The second kappa shape index (κ2) is 8.23. The Hall–Kier alpha value is -2.96. The van der Waals surface area contributed by atoms with E-state index in [0.717, 1.165) is 17.7 Å². The van der Waals surface area contributed by atoms with Gasteiger partial charge in [-0.15, -0.1) is 0 Å². The maximum atomic E-state index is 13.3. The van der Waals surface area contributed by atoms with Crippen molar-refractivity contribution in [1.29, 1.82) is 0 Å². The number of primary amides is 1. The summed E-state index contributed by atoms with van der Waals surface area (Å²) in [5.74, 6) is -2.28. The van der Waals surface area contributed by atoms with E-state index in [1.54, 1.807) is 31.2 Å². The fraction of sp³-hybridized carbons (Fsp3) is 0.222. The van der Waals surface area contributed by atoms with Crippen LogP contribution >= 0.6 is 0 Å². The first-order valence-corrected chi connectivity index (χ1v) is 7.72. The van der Waals surface area contributed by atoms with E-state index in [9.17, 15) is 18.4 Å². The van der Waals surface area contributed by atoms with Gasteiger partial charge in [0, 0.05) is 0 Å². The number of carbonyl (C=O) groups is 2. The van der Waals surface area contributed by atoms with Gasteiger partial charge in [-0.05, 0) is 30.2 Å². The SMILES string of the molecule is C[C@@H](NC(=O)C[C@H](NC(N)=O)c1ccccc1)c1ccc(F)c(F)c1. The largest absolute Gasteiger partial charge is 0.352 e. The van der Waals surface area contributed by atoms with Crippen LogP contribution in [-0.2, 0) is 4.79 Å². The zero-order valence-electron chi connectivity index (χ0n) is 13.6. The fourth-order valence-corrected chi connectivity index (χ4v) is 2.46. The first-order valence-electron chi connectivity index (χ1n) is 7.72. The van der Waals surface area contributed by atoms with E-state index < -0.39 is 29.7 Å². The van der Waals surface area contributed by atoms with E-state index in [4.69, 9.17) is 5.73 Å². The summed E-state index contributed by atoms with van der Waals surface area (Å²) in [7, 11) is 0. The highest BCUT2D eigenvalue weighted by Gasteiger charge is 2.19. The molecule has 0 spiro atoms. The van der Waals surface area contributed by atoms with Gasteiger partial charge in [0.15, 0.2) is 11.6 Å². The third-order valence-electron chi connectivity index (χ3n) is 3.73. The third kappa shape index (κ3) is 5.27. The standard InChI is InChI=1S/C18H19F2N3O2/c1-11(13-7-8-14(19)15(20)9-13)22-17(24)10-16(23-18(21)25)12-5-3-2-4-6-12/h2-9,11,16H,10H2,1H3,(H,22,24)(H3,21,23,25)/t11-,16+/m1/s1. The Bertz CT molecular complexity index is 753. The molecule has 5 nitrogen and oxygen atoms in total. The van der Waals surface area contributed by atoms with Crippen molar-refractivity contribution in [3.05, 3.63) is 71.3 Å². The summed E-state index contributed by atoms with van der Waals surface area (Å²) in [6.07, 6.45) is -0.0407. The van der Waals surface area contributed by atoms with Crippen molar-refractivity contribution >= 4 is 11.9 Å². The van der Waals surface area contributed by atoms with Crippen LogP contribution in [0.1, 0.15) is 36.6 Å². The third-order valence-corrected chi connectivity index (χ3v) is 3.73. The molecule has 2 atom stereocenters. The molecular weight excluding hydrogens is 328 g/mol. The van der Waals surface area contributed by atoms with Gasteiger partial charge in [0.25, 0.3) is 0 Å². The molecule has 2 aromatic rings. The topological polar surface area (TPSA) is 84.2 Å². The van der Waals surface area contributed by atoms with Gasteiger partial charge in [-0.25, -0.2) is 13.6 Å². The molecule has 0 saturated heterocycles. The van der Waals surface area contributed by atoms with Crippen LogP contribution < -0.4 is 16.4 Å². The van der Waals surface area contributed by atoms with Crippen molar-refractivity contribution in [2.45, 2.75) is 25.4 Å². The van der Waals surface area contributed by atoms with Gasteiger partial charge in [-0.1, -0.05) is 36.4 Å². The van der Waals surface area contributed by atoms with Crippen molar-refractivity contribution in [2.75, 3.05) is 0 Å². The van der Waals surface area contributed by atoms with Gasteiger partial charge < -0.3 is 16.4 Å². The van der Waals surface area contributed by atoms with Crippen molar-refractivity contribution < 1.29 is 18.4 Å². The molecule has 0 aliphatic carbocycles. The van der Waals surface area contributed by atoms with Crippen LogP contribution in [0.5, 0.6) is 0 Å². The first-order chi connectivity index (χ1) is 11.9.